The molecule has 0 aliphatic carbocycles. The van der Waals surface area contributed by atoms with Crippen LogP contribution in [0.1, 0.15) is 12.5 Å². The van der Waals surface area contributed by atoms with Gasteiger partial charge in [0, 0.05) is 23.7 Å². The van der Waals surface area contributed by atoms with Crippen molar-refractivity contribution in [2.45, 2.75) is 17.7 Å². The molecule has 0 fully saturated rings. The van der Waals surface area contributed by atoms with Gasteiger partial charge in [0.1, 0.15) is 10.8 Å². The van der Waals surface area contributed by atoms with Gasteiger partial charge in [0.25, 0.3) is 0 Å². The molecule has 0 radical (unpaired) electrons. The molecule has 0 bridgehead atoms. The smallest absolute Gasteiger partial charge is 0.137 e. The highest BCUT2D eigenvalue weighted by Crippen LogP contribution is 2.32. The molecule has 0 saturated heterocycles. The van der Waals surface area contributed by atoms with Crippen molar-refractivity contribution in [1.82, 2.24) is 14.6 Å². The Kier molecular flexibility index (Phi) is 5.32. The van der Waals surface area contributed by atoms with Gasteiger partial charge >= 0.3 is 0 Å². The molecule has 0 N–H and O–H groups in total. The van der Waals surface area contributed by atoms with Gasteiger partial charge in [-0.1, -0.05) is 53.7 Å². The van der Waals surface area contributed by atoms with Gasteiger partial charge in [-0.3, -0.25) is 0 Å². The summed E-state index contributed by atoms with van der Waals surface area (Å²) in [5, 5.41) is 6.22. The molecule has 0 amide bonds. The average Bonchev–Trinajstić information content (AvgIpc) is 3.14. The Hall–Kier alpha value is -2.50. The second-order valence-electron chi connectivity index (χ2n) is 5.94. The van der Waals surface area contributed by atoms with Crippen LogP contribution >= 0.6 is 23.4 Å². The van der Waals surface area contributed by atoms with E-state index in [2.05, 4.69) is 34.3 Å². The summed E-state index contributed by atoms with van der Waals surface area (Å²) in [6, 6.07) is 18.2. The zero-order valence-corrected chi connectivity index (χ0v) is 16.4. The standard InChI is InChI=1S/C21H18ClN3OS/c1-2-26-20-9-8-16(12-17(20)22)18-13-19-21(23-10-11-25(19)24-18)27-14-15-6-4-3-5-7-15/h3-13H,2,14H2,1H3. The molecule has 4 nitrogen and oxygen atoms in total. The third-order valence-electron chi connectivity index (χ3n) is 4.10. The van der Waals surface area contributed by atoms with Crippen molar-refractivity contribution >= 4 is 28.9 Å². The van der Waals surface area contributed by atoms with Crippen molar-refractivity contribution < 1.29 is 4.74 Å². The largest absolute Gasteiger partial charge is 0.492 e. The van der Waals surface area contributed by atoms with Gasteiger partial charge < -0.3 is 4.74 Å². The lowest BCUT2D eigenvalue weighted by atomic mass is 10.1. The molecule has 0 aliphatic heterocycles. The maximum atomic E-state index is 6.33. The zero-order chi connectivity index (χ0) is 18.6. The van der Waals surface area contributed by atoms with E-state index in [4.69, 9.17) is 16.3 Å². The Labute approximate surface area is 167 Å². The Balaban J connectivity index is 1.63. The SMILES string of the molecule is CCOc1ccc(-c2cc3c(SCc4ccccc4)nccn3n2)cc1Cl. The summed E-state index contributed by atoms with van der Waals surface area (Å²) in [5.41, 5.74) is 4.06. The number of ether oxygens (including phenoxy) is 1. The first kappa shape index (κ1) is 17.9. The summed E-state index contributed by atoms with van der Waals surface area (Å²) >= 11 is 8.04. The van der Waals surface area contributed by atoms with Crippen molar-refractivity contribution in [1.29, 1.82) is 0 Å². The normalized spacial score (nSPS) is 11.0. The summed E-state index contributed by atoms with van der Waals surface area (Å²) in [7, 11) is 0. The van der Waals surface area contributed by atoms with E-state index in [1.165, 1.54) is 5.56 Å². The van der Waals surface area contributed by atoms with E-state index >= 15 is 0 Å². The molecular formula is C21H18ClN3OS. The average molecular weight is 396 g/mol. The number of benzene rings is 2. The number of hydrogen-bond acceptors (Lipinski definition) is 4. The lowest BCUT2D eigenvalue weighted by molar-refractivity contribution is 0.340. The highest BCUT2D eigenvalue weighted by Gasteiger charge is 2.11. The molecule has 6 heteroatoms. The van der Waals surface area contributed by atoms with E-state index in [1.54, 1.807) is 18.0 Å². The zero-order valence-electron chi connectivity index (χ0n) is 14.8. The van der Waals surface area contributed by atoms with E-state index in [1.807, 2.05) is 48.0 Å². The summed E-state index contributed by atoms with van der Waals surface area (Å²) < 4.78 is 7.37. The molecular weight excluding hydrogens is 378 g/mol. The number of thioether (sulfide) groups is 1. The van der Waals surface area contributed by atoms with Gasteiger partial charge in [0.05, 0.1) is 22.8 Å². The van der Waals surface area contributed by atoms with Crippen LogP contribution in [0.15, 0.2) is 72.0 Å². The van der Waals surface area contributed by atoms with Gasteiger partial charge in [-0.2, -0.15) is 5.10 Å². The third kappa shape index (κ3) is 3.94. The number of aromatic nitrogens is 3. The number of rotatable bonds is 6. The van der Waals surface area contributed by atoms with Crippen molar-refractivity contribution in [2.75, 3.05) is 6.61 Å². The fraction of sp³-hybridized carbons (Fsp3) is 0.143. The van der Waals surface area contributed by atoms with Gasteiger partial charge in [-0.15, -0.1) is 0 Å². The predicted molar refractivity (Wildman–Crippen MR) is 111 cm³/mol. The van der Waals surface area contributed by atoms with Crippen molar-refractivity contribution in [3.8, 4) is 17.0 Å². The third-order valence-corrected chi connectivity index (χ3v) is 5.46. The Morgan fingerprint density at radius 3 is 2.74 bits per heavy atom. The van der Waals surface area contributed by atoms with Crippen LogP contribution in [0.25, 0.3) is 16.8 Å². The molecule has 0 spiro atoms. The van der Waals surface area contributed by atoms with Gasteiger partial charge in [-0.25, -0.2) is 9.50 Å². The second kappa shape index (κ2) is 8.03. The minimum Gasteiger partial charge on any atom is -0.492 e. The quantitative estimate of drug-likeness (QED) is 0.390. The number of hydrogen-bond donors (Lipinski definition) is 0. The molecule has 136 valence electrons. The van der Waals surface area contributed by atoms with Gasteiger partial charge in [-0.05, 0) is 36.8 Å². The van der Waals surface area contributed by atoms with Crippen LogP contribution in [0.4, 0.5) is 0 Å². The molecule has 0 unspecified atom stereocenters. The monoisotopic (exact) mass is 395 g/mol. The molecule has 0 aliphatic rings. The van der Waals surface area contributed by atoms with E-state index < -0.39 is 0 Å². The maximum Gasteiger partial charge on any atom is 0.137 e. The topological polar surface area (TPSA) is 39.4 Å². The second-order valence-corrected chi connectivity index (χ2v) is 7.32. The summed E-state index contributed by atoms with van der Waals surface area (Å²) in [4.78, 5) is 4.54. The number of halogens is 1. The van der Waals surface area contributed by atoms with Gasteiger partial charge in [0.15, 0.2) is 0 Å². The van der Waals surface area contributed by atoms with E-state index in [9.17, 15) is 0 Å². The van der Waals surface area contributed by atoms with Gasteiger partial charge in [0.2, 0.25) is 0 Å². The highest BCUT2D eigenvalue weighted by atomic mass is 35.5. The molecule has 27 heavy (non-hydrogen) atoms. The summed E-state index contributed by atoms with van der Waals surface area (Å²) in [6.45, 7) is 2.52. The molecule has 4 rings (SSSR count). The highest BCUT2D eigenvalue weighted by molar-refractivity contribution is 7.98. The molecule has 2 heterocycles. The molecule has 2 aromatic carbocycles. The van der Waals surface area contributed by atoms with Crippen LogP contribution < -0.4 is 4.74 Å². The van der Waals surface area contributed by atoms with Crippen molar-refractivity contribution in [3.63, 3.8) is 0 Å². The van der Waals surface area contributed by atoms with Crippen LogP contribution in [0.2, 0.25) is 5.02 Å². The maximum absolute atomic E-state index is 6.33. The van der Waals surface area contributed by atoms with E-state index in [0.717, 1.165) is 27.6 Å². The minimum absolute atomic E-state index is 0.584. The number of nitrogens with zero attached hydrogens (tertiary/aromatic N) is 3. The first-order valence-electron chi connectivity index (χ1n) is 8.68. The Morgan fingerprint density at radius 1 is 1.11 bits per heavy atom. The van der Waals surface area contributed by atoms with E-state index in [-0.39, 0.29) is 0 Å². The van der Waals surface area contributed by atoms with Crippen molar-refractivity contribution in [3.05, 3.63) is 77.6 Å². The van der Waals surface area contributed by atoms with E-state index in [0.29, 0.717) is 17.4 Å². The lowest BCUT2D eigenvalue weighted by Gasteiger charge is -2.06. The summed E-state index contributed by atoms with van der Waals surface area (Å²) in [5.74, 6) is 1.55. The molecule has 4 aromatic rings. The van der Waals surface area contributed by atoms with Crippen LogP contribution in [-0.4, -0.2) is 21.2 Å². The molecule has 0 atom stereocenters. The Morgan fingerprint density at radius 2 is 1.96 bits per heavy atom. The number of fused-ring (bicyclic) bond motifs is 1. The predicted octanol–water partition coefficient (Wildman–Crippen LogP) is 5.74. The Bertz CT molecular complexity index is 1070. The van der Waals surface area contributed by atoms with Crippen LogP contribution in [0.5, 0.6) is 5.75 Å². The van der Waals surface area contributed by atoms with Crippen LogP contribution in [0.3, 0.4) is 0 Å². The summed E-state index contributed by atoms with van der Waals surface area (Å²) in [6.07, 6.45) is 3.64. The first-order chi connectivity index (χ1) is 13.2. The fourth-order valence-electron chi connectivity index (χ4n) is 2.81. The van der Waals surface area contributed by atoms with Crippen molar-refractivity contribution in [2.24, 2.45) is 0 Å². The van der Waals surface area contributed by atoms with Crippen LogP contribution in [-0.2, 0) is 5.75 Å². The molecule has 2 aromatic heterocycles. The molecule has 0 saturated carbocycles. The lowest BCUT2D eigenvalue weighted by Crippen LogP contribution is -1.92. The fourth-order valence-corrected chi connectivity index (χ4v) is 3.98. The first-order valence-corrected chi connectivity index (χ1v) is 10.0. The van der Waals surface area contributed by atoms with Crippen LogP contribution in [0, 0.1) is 0 Å². The minimum atomic E-state index is 0.584.